The molecule has 162 valence electrons. The Hall–Kier alpha value is -3.56. The van der Waals surface area contributed by atoms with E-state index in [4.69, 9.17) is 31.2 Å². The van der Waals surface area contributed by atoms with Gasteiger partial charge in [0.05, 0.1) is 30.4 Å². The fraction of sp³-hybridized carbons (Fsp3) is 0.0870. The molecular weight excluding hydrogens is 450 g/mol. The van der Waals surface area contributed by atoms with E-state index in [9.17, 15) is 9.59 Å². The fourth-order valence-electron chi connectivity index (χ4n) is 3.15. The van der Waals surface area contributed by atoms with Gasteiger partial charge in [0.15, 0.2) is 15.8 Å². The van der Waals surface area contributed by atoms with E-state index in [0.717, 1.165) is 5.56 Å². The summed E-state index contributed by atoms with van der Waals surface area (Å²) in [7, 11) is 3.06. The van der Waals surface area contributed by atoms with Gasteiger partial charge in [0.1, 0.15) is 11.5 Å². The highest BCUT2D eigenvalue weighted by Gasteiger charge is 2.34. The number of carbonyl (C=O) groups is 2. The van der Waals surface area contributed by atoms with Gasteiger partial charge in [-0.1, -0.05) is 36.1 Å². The summed E-state index contributed by atoms with van der Waals surface area (Å²) in [5.74, 6) is 0.826. The Morgan fingerprint density at radius 1 is 1.06 bits per heavy atom. The van der Waals surface area contributed by atoms with E-state index in [-0.39, 0.29) is 11.5 Å². The van der Waals surface area contributed by atoms with Crippen molar-refractivity contribution >= 4 is 51.9 Å². The number of rotatable bonds is 6. The summed E-state index contributed by atoms with van der Waals surface area (Å²) in [6, 6.07) is 15.0. The van der Waals surface area contributed by atoms with E-state index in [1.54, 1.807) is 48.5 Å². The molecule has 1 N–H and O–H groups in total. The van der Waals surface area contributed by atoms with E-state index in [2.05, 4.69) is 0 Å². The number of hydrogen-bond donors (Lipinski definition) is 1. The molecule has 4 rings (SSSR count). The Bertz CT molecular complexity index is 1250. The second kappa shape index (κ2) is 8.89. The van der Waals surface area contributed by atoms with Gasteiger partial charge in [-0.25, -0.2) is 4.79 Å². The number of aromatic carboxylic acids is 1. The summed E-state index contributed by atoms with van der Waals surface area (Å²) < 4.78 is 16.8. The predicted molar refractivity (Wildman–Crippen MR) is 126 cm³/mol. The second-order valence-corrected chi connectivity index (χ2v) is 8.32. The zero-order chi connectivity index (χ0) is 22.8. The van der Waals surface area contributed by atoms with Crippen molar-refractivity contribution < 1.29 is 28.6 Å². The maximum Gasteiger partial charge on any atom is 0.335 e. The number of methoxy groups -OCH3 is 2. The lowest BCUT2D eigenvalue weighted by Gasteiger charge is -2.16. The fourth-order valence-corrected chi connectivity index (χ4v) is 4.43. The van der Waals surface area contributed by atoms with Crippen molar-refractivity contribution in [2.45, 2.75) is 0 Å². The van der Waals surface area contributed by atoms with Gasteiger partial charge >= 0.3 is 5.97 Å². The summed E-state index contributed by atoms with van der Waals surface area (Å²) in [6.45, 7) is 0. The molecule has 1 saturated heterocycles. The van der Waals surface area contributed by atoms with Crippen LogP contribution in [0.15, 0.2) is 63.9 Å². The van der Waals surface area contributed by atoms with E-state index >= 15 is 0 Å². The highest BCUT2D eigenvalue weighted by atomic mass is 32.2. The minimum absolute atomic E-state index is 0.194. The lowest BCUT2D eigenvalue weighted by molar-refractivity contribution is -0.113. The minimum atomic E-state index is -0.992. The normalized spacial score (nSPS) is 14.8. The molecule has 0 bridgehead atoms. The Morgan fingerprint density at radius 3 is 2.44 bits per heavy atom. The number of carboxylic acid groups (broad SMARTS) is 1. The van der Waals surface area contributed by atoms with E-state index in [1.165, 1.54) is 43.0 Å². The van der Waals surface area contributed by atoms with Crippen LogP contribution in [0.1, 0.15) is 16.1 Å². The lowest BCUT2D eigenvalue weighted by Crippen LogP contribution is -2.27. The van der Waals surface area contributed by atoms with E-state index in [1.807, 2.05) is 0 Å². The van der Waals surface area contributed by atoms with Crippen molar-refractivity contribution in [2.24, 2.45) is 0 Å². The average Bonchev–Trinajstić information content (AvgIpc) is 3.37. The largest absolute Gasteiger partial charge is 0.493 e. The van der Waals surface area contributed by atoms with Crippen LogP contribution in [0.2, 0.25) is 0 Å². The Kier molecular flexibility index (Phi) is 6.02. The van der Waals surface area contributed by atoms with Crippen LogP contribution in [-0.2, 0) is 4.79 Å². The lowest BCUT2D eigenvalue weighted by atomic mass is 10.1. The average molecular weight is 468 g/mol. The molecule has 3 aromatic rings. The molecule has 0 radical (unpaired) electrons. The third kappa shape index (κ3) is 4.12. The van der Waals surface area contributed by atoms with Crippen LogP contribution in [0.25, 0.3) is 17.4 Å². The molecule has 32 heavy (non-hydrogen) atoms. The number of thiocarbonyl (C=S) groups is 1. The number of furan rings is 1. The highest BCUT2D eigenvalue weighted by molar-refractivity contribution is 8.27. The summed E-state index contributed by atoms with van der Waals surface area (Å²) in [4.78, 5) is 25.9. The zero-order valence-corrected chi connectivity index (χ0v) is 18.7. The Morgan fingerprint density at radius 2 is 1.78 bits per heavy atom. The number of hydrogen-bond acceptors (Lipinski definition) is 7. The maximum absolute atomic E-state index is 13.0. The standard InChI is InChI=1S/C23H17NO6S2/c1-28-18-9-7-15(11-19(18)29-2)24-21(25)20(32-23(24)31)12-16-8-10-17(30-16)13-3-5-14(6-4-13)22(26)27/h3-12H,1-2H3,(H,26,27)/b20-12+. The number of thioether (sulfide) groups is 1. The molecule has 1 amide bonds. The second-order valence-electron chi connectivity index (χ2n) is 6.64. The van der Waals surface area contributed by atoms with Crippen molar-refractivity contribution in [3.8, 4) is 22.8 Å². The quantitative estimate of drug-likeness (QED) is 0.397. The number of carbonyl (C=O) groups excluding carboxylic acids is 1. The third-order valence-corrected chi connectivity index (χ3v) is 6.04. The third-order valence-electron chi connectivity index (χ3n) is 4.74. The first-order chi connectivity index (χ1) is 15.4. The van der Waals surface area contributed by atoms with Crippen molar-refractivity contribution in [3.05, 3.63) is 70.8 Å². The summed E-state index contributed by atoms with van der Waals surface area (Å²) >= 11 is 6.60. The Labute approximate surface area is 193 Å². The van der Waals surface area contributed by atoms with Crippen molar-refractivity contribution in [1.82, 2.24) is 0 Å². The number of amides is 1. The van der Waals surface area contributed by atoms with Crippen LogP contribution in [0.4, 0.5) is 5.69 Å². The number of carboxylic acids is 1. The molecule has 0 atom stereocenters. The van der Waals surface area contributed by atoms with Crippen LogP contribution in [0.3, 0.4) is 0 Å². The van der Waals surface area contributed by atoms with Crippen molar-refractivity contribution in [1.29, 1.82) is 0 Å². The van der Waals surface area contributed by atoms with Gasteiger partial charge < -0.3 is 19.0 Å². The molecule has 9 heteroatoms. The molecule has 1 aromatic heterocycles. The topological polar surface area (TPSA) is 89.2 Å². The monoisotopic (exact) mass is 467 g/mol. The molecule has 2 aromatic carbocycles. The minimum Gasteiger partial charge on any atom is -0.493 e. The van der Waals surface area contributed by atoms with Gasteiger partial charge in [0.25, 0.3) is 5.91 Å². The predicted octanol–water partition coefficient (Wildman–Crippen LogP) is 5.07. The first kappa shape index (κ1) is 21.7. The van der Waals surface area contributed by atoms with E-state index < -0.39 is 5.97 Å². The molecule has 1 fully saturated rings. The van der Waals surface area contributed by atoms with Crippen LogP contribution in [0, 0.1) is 0 Å². The smallest absolute Gasteiger partial charge is 0.335 e. The van der Waals surface area contributed by atoms with Gasteiger partial charge in [0, 0.05) is 17.7 Å². The summed E-state index contributed by atoms with van der Waals surface area (Å²) in [6.07, 6.45) is 1.63. The maximum atomic E-state index is 13.0. The van der Waals surface area contributed by atoms with E-state index in [0.29, 0.717) is 37.9 Å². The van der Waals surface area contributed by atoms with Crippen LogP contribution < -0.4 is 14.4 Å². The highest BCUT2D eigenvalue weighted by Crippen LogP contribution is 2.39. The van der Waals surface area contributed by atoms with Gasteiger partial charge in [-0.15, -0.1) is 0 Å². The molecule has 0 aliphatic carbocycles. The van der Waals surface area contributed by atoms with Gasteiger partial charge in [-0.05, 0) is 36.4 Å². The molecule has 0 spiro atoms. The number of anilines is 1. The van der Waals surface area contributed by atoms with Gasteiger partial charge in [-0.2, -0.15) is 0 Å². The molecular formula is C23H17NO6S2. The summed E-state index contributed by atoms with van der Waals surface area (Å²) in [5.41, 5.74) is 1.50. The van der Waals surface area contributed by atoms with Crippen molar-refractivity contribution in [3.63, 3.8) is 0 Å². The molecule has 0 saturated carbocycles. The molecule has 1 aliphatic rings. The van der Waals surface area contributed by atoms with Crippen molar-refractivity contribution in [2.75, 3.05) is 19.1 Å². The molecule has 0 unspecified atom stereocenters. The molecule has 1 aliphatic heterocycles. The van der Waals surface area contributed by atoms with Gasteiger partial charge in [0.2, 0.25) is 0 Å². The number of ether oxygens (including phenoxy) is 2. The SMILES string of the molecule is COc1ccc(N2C(=O)/C(=C\c3ccc(-c4ccc(C(=O)O)cc4)o3)SC2=S)cc1OC. The molecule has 2 heterocycles. The first-order valence-electron chi connectivity index (χ1n) is 9.35. The molecule has 7 nitrogen and oxygen atoms in total. The van der Waals surface area contributed by atoms with Crippen LogP contribution >= 0.6 is 24.0 Å². The number of nitrogens with zero attached hydrogens (tertiary/aromatic N) is 1. The summed E-state index contributed by atoms with van der Waals surface area (Å²) in [5, 5.41) is 9.02. The van der Waals surface area contributed by atoms with Gasteiger partial charge in [-0.3, -0.25) is 9.69 Å². The zero-order valence-electron chi connectivity index (χ0n) is 17.0. The first-order valence-corrected chi connectivity index (χ1v) is 10.6. The Balaban J connectivity index is 1.58. The van der Waals surface area contributed by atoms with Crippen LogP contribution in [-0.4, -0.2) is 35.5 Å². The van der Waals surface area contributed by atoms with Crippen LogP contribution in [0.5, 0.6) is 11.5 Å². The number of benzene rings is 2.